The number of carbonyl (C=O) groups is 13. The van der Waals surface area contributed by atoms with E-state index in [2.05, 4.69) is 21.3 Å². The molecule has 0 spiro atoms. The standard InChI is InChI=1S/C62H109N11O14/c1-25-43-58(82)67(18)32-48(76)68(19)44(28-33(2)3)55(79)66-49(37(10)11)61(85)69(20)45(29-34(4)5)54(78)63-40(15)53(77)64-41(16)57(81)70(21)46(30-35(6)7)59(83)71(22)47(31-36(8)9)60(84)72(23)50(38(12)13)62(86)73(24)51(56(80)65-43)52(87-42(17)75)39(14)26-27-74/h27,33-41,43-47,49-52H,25-26,28-32H2,1-24H3,(H,63,78)(H,64,77)(H,65,80)(H,66,79)/t39-,40+,41-,43+,44+,45+,46+,47+,49+,50+,51+,52+/m1/s1. The largest absolute Gasteiger partial charge is 0.459 e. The van der Waals surface area contributed by atoms with Crippen LogP contribution in [0.2, 0.25) is 0 Å². The van der Waals surface area contributed by atoms with E-state index in [0.29, 0.717) is 6.29 Å². The van der Waals surface area contributed by atoms with Gasteiger partial charge in [0.1, 0.15) is 72.8 Å². The van der Waals surface area contributed by atoms with E-state index in [-0.39, 0.29) is 62.2 Å². The Balaban J connectivity index is 4.41. The van der Waals surface area contributed by atoms with Crippen molar-refractivity contribution in [1.82, 2.24) is 55.6 Å². The molecule has 4 N–H and O–H groups in total. The van der Waals surface area contributed by atoms with Crippen molar-refractivity contribution in [3.63, 3.8) is 0 Å². The molecule has 0 aromatic heterocycles. The molecule has 0 aliphatic carbocycles. The predicted molar refractivity (Wildman–Crippen MR) is 329 cm³/mol. The Morgan fingerprint density at radius 1 is 0.483 bits per heavy atom. The molecule has 1 heterocycles. The van der Waals surface area contributed by atoms with Gasteiger partial charge in [0.25, 0.3) is 0 Å². The van der Waals surface area contributed by atoms with Crippen LogP contribution in [-0.2, 0) is 67.1 Å². The SMILES string of the molecule is CC[C@@H]1NC(=O)[C@H]([C@@H](OC(C)=O)[C@H](C)CC=O)N(C)C(=O)[C@H](C(C)C)N(C)C(=O)[C@H](CC(C)C)N(C)C(=O)[C@H](CC(C)C)N(C)C(=O)[C@@H](C)NC(=O)[C@H](C)NC(=O)[C@H](CC(C)C)N(C)C(=O)[C@H](C(C)C)NC(=O)[C@H](CC(C)C)N(C)C(=O)CN(C)C1=O. The lowest BCUT2D eigenvalue weighted by Gasteiger charge is -2.42. The summed E-state index contributed by atoms with van der Waals surface area (Å²) in [6, 6.07) is -12.8. The minimum atomic E-state index is -1.73. The first-order valence-electron chi connectivity index (χ1n) is 30.8. The molecule has 1 saturated heterocycles. The maximum Gasteiger partial charge on any atom is 0.303 e. The van der Waals surface area contributed by atoms with Crippen molar-refractivity contribution in [3.8, 4) is 0 Å². The van der Waals surface area contributed by atoms with Gasteiger partial charge in [0.05, 0.1) is 6.54 Å². The third-order valence-corrected chi connectivity index (χ3v) is 16.1. The average Bonchev–Trinajstić information content (AvgIpc) is 1.40. The van der Waals surface area contributed by atoms with Crippen LogP contribution in [0.5, 0.6) is 0 Å². The van der Waals surface area contributed by atoms with Gasteiger partial charge in [0, 0.05) is 68.6 Å². The number of ether oxygens (including phenoxy) is 1. The van der Waals surface area contributed by atoms with Gasteiger partial charge in [-0.2, -0.15) is 0 Å². The van der Waals surface area contributed by atoms with E-state index in [1.807, 2.05) is 55.4 Å². The summed E-state index contributed by atoms with van der Waals surface area (Å²) >= 11 is 0. The predicted octanol–water partition coefficient (Wildman–Crippen LogP) is 2.46. The minimum absolute atomic E-state index is 0.0487. The quantitative estimate of drug-likeness (QED) is 0.128. The van der Waals surface area contributed by atoms with E-state index < -0.39 is 162 Å². The number of likely N-dealkylation sites (N-methyl/N-ethyl adjacent to an activating group) is 7. The summed E-state index contributed by atoms with van der Waals surface area (Å²) in [6.45, 7) is 28.0. The number of aldehydes is 1. The van der Waals surface area contributed by atoms with Crippen molar-refractivity contribution >= 4 is 77.2 Å². The van der Waals surface area contributed by atoms with Crippen LogP contribution in [0.1, 0.15) is 156 Å². The second-order valence-electron chi connectivity index (χ2n) is 26.3. The van der Waals surface area contributed by atoms with Gasteiger partial charge in [-0.1, -0.05) is 96.9 Å². The monoisotopic (exact) mass is 1230 g/mol. The molecule has 1 aliphatic heterocycles. The first-order chi connectivity index (χ1) is 40.1. The Kier molecular flexibility index (Phi) is 31.8. The van der Waals surface area contributed by atoms with Gasteiger partial charge in [-0.25, -0.2) is 0 Å². The Hall–Kier alpha value is -6.69. The summed E-state index contributed by atoms with van der Waals surface area (Å²) in [5.74, 6) is -11.6. The molecule has 0 aromatic rings. The zero-order chi connectivity index (χ0) is 67.6. The highest BCUT2D eigenvalue weighted by atomic mass is 16.5. The maximum absolute atomic E-state index is 15.3. The first-order valence-corrected chi connectivity index (χ1v) is 30.8. The van der Waals surface area contributed by atoms with Crippen LogP contribution in [0.4, 0.5) is 0 Å². The molecule has 11 amide bonds. The minimum Gasteiger partial charge on any atom is -0.459 e. The Bertz CT molecular complexity index is 2420. The number of rotatable bonds is 16. The molecule has 0 bridgehead atoms. The van der Waals surface area contributed by atoms with E-state index >= 15 is 14.4 Å². The van der Waals surface area contributed by atoms with Gasteiger partial charge in [-0.05, 0) is 81.5 Å². The van der Waals surface area contributed by atoms with E-state index in [4.69, 9.17) is 4.74 Å². The molecule has 12 atom stereocenters. The Morgan fingerprint density at radius 3 is 1.33 bits per heavy atom. The molecule has 1 rings (SSSR count). The van der Waals surface area contributed by atoms with E-state index in [1.165, 1.54) is 87.7 Å². The molecule has 25 heteroatoms. The van der Waals surface area contributed by atoms with Gasteiger partial charge in [0.2, 0.25) is 65.0 Å². The van der Waals surface area contributed by atoms with Crippen molar-refractivity contribution in [2.45, 2.75) is 223 Å². The number of hydrogen-bond donors (Lipinski definition) is 4. The zero-order valence-corrected chi connectivity index (χ0v) is 56.8. The lowest BCUT2D eigenvalue weighted by atomic mass is 9.91. The summed E-state index contributed by atoms with van der Waals surface area (Å²) < 4.78 is 5.76. The molecule has 0 unspecified atom stereocenters. The molecular formula is C62H109N11O14. The van der Waals surface area contributed by atoms with Gasteiger partial charge in [-0.15, -0.1) is 0 Å². The molecule has 1 aliphatic rings. The van der Waals surface area contributed by atoms with Crippen molar-refractivity contribution < 1.29 is 67.1 Å². The number of nitrogens with zero attached hydrogens (tertiary/aromatic N) is 7. The van der Waals surface area contributed by atoms with E-state index in [1.54, 1.807) is 41.5 Å². The number of esters is 1. The highest BCUT2D eigenvalue weighted by molar-refractivity contribution is 5.99. The fourth-order valence-electron chi connectivity index (χ4n) is 10.8. The van der Waals surface area contributed by atoms with Crippen LogP contribution in [-0.4, -0.2) is 234 Å². The number of hydrogen-bond acceptors (Lipinski definition) is 14. The normalized spacial score (nSPS) is 26.3. The lowest BCUT2D eigenvalue weighted by Crippen LogP contribution is -2.64. The molecule has 1 fully saturated rings. The first kappa shape index (κ1) is 78.3. The average molecular weight is 1230 g/mol. The molecule has 87 heavy (non-hydrogen) atoms. The van der Waals surface area contributed by atoms with Gasteiger partial charge < -0.3 is 65.1 Å². The number of amides is 11. The molecule has 0 saturated carbocycles. The van der Waals surface area contributed by atoms with Crippen LogP contribution in [0.15, 0.2) is 0 Å². The van der Waals surface area contributed by atoms with Crippen LogP contribution in [0.3, 0.4) is 0 Å². The van der Waals surface area contributed by atoms with Crippen molar-refractivity contribution in [2.75, 3.05) is 55.9 Å². The van der Waals surface area contributed by atoms with Crippen LogP contribution >= 0.6 is 0 Å². The molecule has 496 valence electrons. The van der Waals surface area contributed by atoms with E-state index in [9.17, 15) is 47.9 Å². The summed E-state index contributed by atoms with van der Waals surface area (Å²) in [6.07, 6.45) is -0.709. The third-order valence-electron chi connectivity index (χ3n) is 16.1. The second kappa shape index (κ2) is 35.3. The highest BCUT2D eigenvalue weighted by Crippen LogP contribution is 2.26. The van der Waals surface area contributed by atoms with Crippen molar-refractivity contribution in [3.05, 3.63) is 0 Å². The summed E-state index contributed by atoms with van der Waals surface area (Å²) in [5.41, 5.74) is 0. The number of carbonyl (C=O) groups excluding carboxylic acids is 13. The smallest absolute Gasteiger partial charge is 0.303 e. The summed E-state index contributed by atoms with van der Waals surface area (Å²) in [5, 5.41) is 10.9. The van der Waals surface area contributed by atoms with Crippen LogP contribution in [0, 0.1) is 41.4 Å². The van der Waals surface area contributed by atoms with Crippen molar-refractivity contribution in [2.24, 2.45) is 41.4 Å². The lowest BCUT2D eigenvalue weighted by molar-refractivity contribution is -0.164. The molecule has 0 aromatic carbocycles. The van der Waals surface area contributed by atoms with Crippen LogP contribution < -0.4 is 21.3 Å². The summed E-state index contributed by atoms with van der Waals surface area (Å²) in [7, 11) is 9.66. The van der Waals surface area contributed by atoms with Gasteiger partial charge in [0.15, 0.2) is 0 Å². The molecular weight excluding hydrogens is 1120 g/mol. The molecule has 0 radical (unpaired) electrons. The third kappa shape index (κ3) is 22.1. The van der Waals surface area contributed by atoms with Crippen LogP contribution in [0.25, 0.3) is 0 Å². The zero-order valence-electron chi connectivity index (χ0n) is 56.8. The number of nitrogens with one attached hydrogen (secondary N) is 4. The van der Waals surface area contributed by atoms with Gasteiger partial charge >= 0.3 is 5.97 Å². The fraction of sp³-hybridized carbons (Fsp3) is 0.790. The topological polar surface area (TPSA) is 302 Å². The fourth-order valence-corrected chi connectivity index (χ4v) is 10.8. The highest BCUT2D eigenvalue weighted by Gasteiger charge is 2.47. The van der Waals surface area contributed by atoms with Gasteiger partial charge in [-0.3, -0.25) is 57.5 Å². The second-order valence-corrected chi connectivity index (χ2v) is 26.3. The maximum atomic E-state index is 15.3. The Labute approximate surface area is 518 Å². The molecule has 25 nitrogen and oxygen atoms in total. The Morgan fingerprint density at radius 2 is 0.897 bits per heavy atom. The summed E-state index contributed by atoms with van der Waals surface area (Å²) in [4.78, 5) is 194. The van der Waals surface area contributed by atoms with Crippen molar-refractivity contribution in [1.29, 1.82) is 0 Å². The van der Waals surface area contributed by atoms with E-state index in [0.717, 1.165) is 16.7 Å².